The van der Waals surface area contributed by atoms with Gasteiger partial charge in [0.1, 0.15) is 11.5 Å². The molecule has 0 aliphatic heterocycles. The number of phenols is 2. The van der Waals surface area contributed by atoms with Crippen LogP contribution in [0.4, 0.5) is 0 Å². The summed E-state index contributed by atoms with van der Waals surface area (Å²) in [5.74, 6) is 0.302. The molecule has 0 fully saturated rings. The molecule has 3 N–H and O–H groups in total. The molecule has 0 aliphatic carbocycles. The highest BCUT2D eigenvalue weighted by molar-refractivity contribution is 5.85. The molecule has 7 heteroatoms. The monoisotopic (exact) mass is 316 g/mol. The fourth-order valence-electron chi connectivity index (χ4n) is 1.73. The number of amides is 1. The third-order valence-electron chi connectivity index (χ3n) is 2.83. The van der Waals surface area contributed by atoms with Crippen molar-refractivity contribution in [1.29, 1.82) is 0 Å². The third-order valence-corrected chi connectivity index (χ3v) is 2.83. The molecule has 0 bridgehead atoms. The molecule has 0 aliphatic rings. The molecule has 1 amide bonds. The molecule has 0 saturated carbocycles. The minimum absolute atomic E-state index is 0.0612. The Kier molecular flexibility index (Phi) is 5.40. The van der Waals surface area contributed by atoms with E-state index in [0.717, 1.165) is 0 Å². The maximum atomic E-state index is 11.7. The van der Waals surface area contributed by atoms with Gasteiger partial charge in [0.15, 0.2) is 18.1 Å². The molecular weight excluding hydrogens is 300 g/mol. The smallest absolute Gasteiger partial charge is 0.277 e. The number of hydrogen-bond acceptors (Lipinski definition) is 6. The summed E-state index contributed by atoms with van der Waals surface area (Å²) in [6.07, 6.45) is 1.26. The number of nitrogens with zero attached hydrogens (tertiary/aromatic N) is 1. The highest BCUT2D eigenvalue weighted by Gasteiger charge is 2.06. The van der Waals surface area contributed by atoms with E-state index in [9.17, 15) is 15.0 Å². The van der Waals surface area contributed by atoms with Crippen molar-refractivity contribution in [2.24, 2.45) is 5.10 Å². The molecule has 2 rings (SSSR count). The lowest BCUT2D eigenvalue weighted by Gasteiger charge is -2.09. The zero-order valence-electron chi connectivity index (χ0n) is 12.4. The molecule has 2 aromatic carbocycles. The number of para-hydroxylation sites is 2. The van der Waals surface area contributed by atoms with E-state index >= 15 is 0 Å². The molecule has 0 unspecified atom stereocenters. The van der Waals surface area contributed by atoms with Crippen LogP contribution in [-0.2, 0) is 4.79 Å². The molecule has 0 radical (unpaired) electrons. The van der Waals surface area contributed by atoms with Crippen LogP contribution < -0.4 is 14.9 Å². The Morgan fingerprint density at radius 2 is 1.96 bits per heavy atom. The van der Waals surface area contributed by atoms with Crippen molar-refractivity contribution in [2.75, 3.05) is 13.7 Å². The van der Waals surface area contributed by atoms with Crippen LogP contribution in [0.25, 0.3) is 0 Å². The lowest BCUT2D eigenvalue weighted by atomic mass is 10.2. The van der Waals surface area contributed by atoms with Gasteiger partial charge in [-0.3, -0.25) is 4.79 Å². The van der Waals surface area contributed by atoms with Crippen molar-refractivity contribution in [3.8, 4) is 23.0 Å². The molecule has 0 aromatic heterocycles. The van der Waals surface area contributed by atoms with E-state index in [0.29, 0.717) is 17.1 Å². The average Bonchev–Trinajstić information content (AvgIpc) is 2.55. The van der Waals surface area contributed by atoms with Crippen LogP contribution in [0.1, 0.15) is 5.56 Å². The topological polar surface area (TPSA) is 100 Å². The molecule has 0 spiro atoms. The molecule has 7 nitrogen and oxygen atoms in total. The van der Waals surface area contributed by atoms with E-state index in [1.165, 1.54) is 31.5 Å². The Balaban J connectivity index is 1.86. The van der Waals surface area contributed by atoms with Gasteiger partial charge in [0.25, 0.3) is 5.91 Å². The summed E-state index contributed by atoms with van der Waals surface area (Å²) in [5.41, 5.74) is 2.63. The molecule has 120 valence electrons. The van der Waals surface area contributed by atoms with Gasteiger partial charge in [-0.1, -0.05) is 12.1 Å². The first-order valence-electron chi connectivity index (χ1n) is 6.70. The Bertz CT molecular complexity index is 715. The number of phenolic OH excluding ortho intramolecular Hbond substituents is 2. The number of hydrogen-bond donors (Lipinski definition) is 3. The van der Waals surface area contributed by atoms with Crippen molar-refractivity contribution in [3.05, 3.63) is 48.0 Å². The van der Waals surface area contributed by atoms with E-state index in [1.807, 2.05) is 0 Å². The summed E-state index contributed by atoms with van der Waals surface area (Å²) in [7, 11) is 1.51. The van der Waals surface area contributed by atoms with Crippen LogP contribution in [0.15, 0.2) is 47.6 Å². The van der Waals surface area contributed by atoms with Crippen LogP contribution in [0.5, 0.6) is 23.0 Å². The average molecular weight is 316 g/mol. The van der Waals surface area contributed by atoms with Crippen molar-refractivity contribution in [2.45, 2.75) is 0 Å². The summed E-state index contributed by atoms with van der Waals surface area (Å²) in [5, 5.41) is 22.4. The van der Waals surface area contributed by atoms with E-state index in [-0.39, 0.29) is 18.1 Å². The van der Waals surface area contributed by atoms with Crippen molar-refractivity contribution in [1.82, 2.24) is 5.43 Å². The largest absolute Gasteiger partial charge is 0.508 e. The lowest BCUT2D eigenvalue weighted by molar-refractivity contribution is -0.123. The van der Waals surface area contributed by atoms with Crippen LogP contribution >= 0.6 is 0 Å². The Morgan fingerprint density at radius 1 is 1.22 bits per heavy atom. The van der Waals surface area contributed by atoms with Gasteiger partial charge in [-0.2, -0.15) is 5.10 Å². The van der Waals surface area contributed by atoms with Gasteiger partial charge in [0.2, 0.25) is 0 Å². The fourth-order valence-corrected chi connectivity index (χ4v) is 1.73. The Hall–Kier alpha value is -3.22. The summed E-state index contributed by atoms with van der Waals surface area (Å²) in [6.45, 7) is -0.237. The van der Waals surface area contributed by atoms with Gasteiger partial charge in [-0.25, -0.2) is 5.43 Å². The van der Waals surface area contributed by atoms with Gasteiger partial charge in [0, 0.05) is 11.6 Å². The Labute approximate surface area is 132 Å². The minimum Gasteiger partial charge on any atom is -0.508 e. The van der Waals surface area contributed by atoms with Crippen molar-refractivity contribution >= 4 is 12.1 Å². The summed E-state index contributed by atoms with van der Waals surface area (Å²) in [6, 6.07) is 11.0. The van der Waals surface area contributed by atoms with E-state index in [2.05, 4.69) is 10.5 Å². The number of benzene rings is 2. The van der Waals surface area contributed by atoms with Crippen LogP contribution in [0, 0.1) is 0 Å². The maximum Gasteiger partial charge on any atom is 0.277 e. The molecule has 0 atom stereocenters. The number of carbonyl (C=O) groups is 1. The van der Waals surface area contributed by atoms with Crippen LogP contribution in [0.2, 0.25) is 0 Å². The fraction of sp³-hybridized carbons (Fsp3) is 0.125. The highest BCUT2D eigenvalue weighted by atomic mass is 16.5. The van der Waals surface area contributed by atoms with Crippen LogP contribution in [-0.4, -0.2) is 36.1 Å². The van der Waals surface area contributed by atoms with Gasteiger partial charge >= 0.3 is 0 Å². The number of aromatic hydroxyl groups is 2. The number of rotatable bonds is 6. The zero-order chi connectivity index (χ0) is 16.7. The second-order valence-electron chi connectivity index (χ2n) is 4.48. The SMILES string of the molecule is COc1ccccc1OCC(=O)NN=Cc1ccc(O)cc1O. The molecule has 0 saturated heterocycles. The lowest BCUT2D eigenvalue weighted by Crippen LogP contribution is -2.24. The second-order valence-corrected chi connectivity index (χ2v) is 4.48. The maximum absolute atomic E-state index is 11.7. The second kappa shape index (κ2) is 7.69. The third kappa shape index (κ3) is 4.63. The first-order chi connectivity index (χ1) is 11.1. The predicted octanol–water partition coefficient (Wildman–Crippen LogP) is 1.64. The first kappa shape index (κ1) is 16.2. The number of hydrazone groups is 1. The standard InChI is InChI=1S/C16H16N2O5/c1-22-14-4-2-3-5-15(14)23-10-16(21)18-17-9-11-6-7-12(19)8-13(11)20/h2-9,19-20H,10H2,1H3,(H,18,21). The summed E-state index contributed by atoms with van der Waals surface area (Å²) < 4.78 is 10.4. The summed E-state index contributed by atoms with van der Waals surface area (Å²) in [4.78, 5) is 11.7. The van der Waals surface area contributed by atoms with Gasteiger partial charge in [-0.05, 0) is 24.3 Å². The number of carbonyl (C=O) groups excluding carboxylic acids is 1. The van der Waals surface area contributed by atoms with Crippen LogP contribution in [0.3, 0.4) is 0 Å². The van der Waals surface area contributed by atoms with Crippen molar-refractivity contribution in [3.63, 3.8) is 0 Å². The van der Waals surface area contributed by atoms with Gasteiger partial charge in [-0.15, -0.1) is 0 Å². The number of nitrogens with one attached hydrogen (secondary N) is 1. The summed E-state index contributed by atoms with van der Waals surface area (Å²) >= 11 is 0. The Morgan fingerprint density at radius 3 is 2.65 bits per heavy atom. The molecule has 2 aromatic rings. The van der Waals surface area contributed by atoms with E-state index in [4.69, 9.17) is 9.47 Å². The number of methoxy groups -OCH3 is 1. The normalized spacial score (nSPS) is 10.5. The predicted molar refractivity (Wildman–Crippen MR) is 84.0 cm³/mol. The minimum atomic E-state index is -0.467. The first-order valence-corrected chi connectivity index (χ1v) is 6.70. The van der Waals surface area contributed by atoms with Gasteiger partial charge in [0.05, 0.1) is 13.3 Å². The molecule has 23 heavy (non-hydrogen) atoms. The molecule has 0 heterocycles. The van der Waals surface area contributed by atoms with E-state index < -0.39 is 5.91 Å². The quantitative estimate of drug-likeness (QED) is 0.555. The number of ether oxygens (including phenoxy) is 2. The zero-order valence-corrected chi connectivity index (χ0v) is 12.4. The highest BCUT2D eigenvalue weighted by Crippen LogP contribution is 2.25. The van der Waals surface area contributed by atoms with Gasteiger partial charge < -0.3 is 19.7 Å². The van der Waals surface area contributed by atoms with Crippen molar-refractivity contribution < 1.29 is 24.5 Å². The molecular formula is C16H16N2O5. The van der Waals surface area contributed by atoms with E-state index in [1.54, 1.807) is 24.3 Å².